The molecule has 0 radical (unpaired) electrons. The molecule has 0 saturated heterocycles. The molecule has 0 saturated carbocycles. The van der Waals surface area contributed by atoms with Gasteiger partial charge in [0.1, 0.15) is 18.4 Å². The molecule has 8 nitrogen and oxygen atoms in total. The van der Waals surface area contributed by atoms with Crippen LogP contribution in [0.2, 0.25) is 5.02 Å². The van der Waals surface area contributed by atoms with Crippen molar-refractivity contribution >= 4 is 17.5 Å². The number of anilines is 1. The molecule has 0 bridgehead atoms. The van der Waals surface area contributed by atoms with Gasteiger partial charge >= 0.3 is 0 Å². The second kappa shape index (κ2) is 5.33. The summed E-state index contributed by atoms with van der Waals surface area (Å²) in [6, 6.07) is 5.19. The maximum absolute atomic E-state index is 6.00. The predicted molar refractivity (Wildman–Crippen MR) is 76.2 cm³/mol. The van der Waals surface area contributed by atoms with Crippen LogP contribution >= 0.6 is 11.6 Å². The monoisotopic (exact) mass is 303 g/mol. The van der Waals surface area contributed by atoms with Gasteiger partial charge in [-0.3, -0.25) is 0 Å². The van der Waals surface area contributed by atoms with Crippen LogP contribution in [-0.2, 0) is 0 Å². The first-order valence-corrected chi connectivity index (χ1v) is 6.25. The summed E-state index contributed by atoms with van der Waals surface area (Å²) in [5.74, 6) is 1.28. The number of ether oxygens (including phenoxy) is 1. The third kappa shape index (κ3) is 2.61. The molecule has 0 amide bonds. The molecule has 0 spiro atoms. The molecule has 0 aliphatic carbocycles. The number of methoxy groups -OCH3 is 1. The van der Waals surface area contributed by atoms with Crippen LogP contribution < -0.4 is 10.5 Å². The molecule has 106 valence electrons. The van der Waals surface area contributed by atoms with Crippen LogP contribution in [0.25, 0.3) is 17.3 Å². The number of aromatic nitrogens is 6. The summed E-state index contributed by atoms with van der Waals surface area (Å²) in [5.41, 5.74) is 6.42. The molecule has 2 heterocycles. The van der Waals surface area contributed by atoms with Crippen molar-refractivity contribution in [1.29, 1.82) is 0 Å². The van der Waals surface area contributed by atoms with Crippen LogP contribution in [0.4, 0.5) is 5.95 Å². The molecule has 0 fully saturated rings. The number of hydrogen-bond acceptors (Lipinski definition) is 7. The maximum atomic E-state index is 6.00. The van der Waals surface area contributed by atoms with E-state index < -0.39 is 0 Å². The third-order valence-corrected chi connectivity index (χ3v) is 2.99. The van der Waals surface area contributed by atoms with Crippen molar-refractivity contribution in [2.75, 3.05) is 12.8 Å². The van der Waals surface area contributed by atoms with Crippen molar-refractivity contribution in [3.05, 3.63) is 35.9 Å². The largest absolute Gasteiger partial charge is 0.495 e. The minimum atomic E-state index is 0.0828. The summed E-state index contributed by atoms with van der Waals surface area (Å²) in [6.45, 7) is 0. The van der Waals surface area contributed by atoms with Crippen molar-refractivity contribution in [1.82, 2.24) is 29.7 Å². The summed E-state index contributed by atoms with van der Waals surface area (Å²) in [4.78, 5) is 16.3. The van der Waals surface area contributed by atoms with Crippen molar-refractivity contribution in [3.63, 3.8) is 0 Å². The fourth-order valence-electron chi connectivity index (χ4n) is 1.72. The smallest absolute Gasteiger partial charge is 0.257 e. The number of benzene rings is 1. The van der Waals surface area contributed by atoms with Gasteiger partial charge in [-0.15, -0.1) is 0 Å². The van der Waals surface area contributed by atoms with Gasteiger partial charge in [0.25, 0.3) is 5.95 Å². The SMILES string of the molecule is COc1cc(-c2nc(N)nc(-n3cncn3)n2)ccc1Cl. The van der Waals surface area contributed by atoms with Crippen LogP contribution in [0, 0.1) is 0 Å². The van der Waals surface area contributed by atoms with Gasteiger partial charge in [-0.05, 0) is 18.2 Å². The summed E-state index contributed by atoms with van der Waals surface area (Å²) >= 11 is 6.00. The summed E-state index contributed by atoms with van der Waals surface area (Å²) in [7, 11) is 1.54. The Morgan fingerprint density at radius 3 is 2.81 bits per heavy atom. The van der Waals surface area contributed by atoms with Crippen LogP contribution in [0.5, 0.6) is 5.75 Å². The van der Waals surface area contributed by atoms with Gasteiger partial charge in [0.2, 0.25) is 5.95 Å². The van der Waals surface area contributed by atoms with Crippen LogP contribution in [0.1, 0.15) is 0 Å². The first kappa shape index (κ1) is 13.3. The Balaban J connectivity index is 2.10. The molecule has 0 aliphatic heterocycles. The number of nitrogens with two attached hydrogens (primary N) is 1. The van der Waals surface area contributed by atoms with Crippen molar-refractivity contribution in [3.8, 4) is 23.1 Å². The molecule has 3 aromatic rings. The molecule has 1 aromatic carbocycles. The van der Waals surface area contributed by atoms with Crippen LogP contribution in [0.3, 0.4) is 0 Å². The summed E-state index contributed by atoms with van der Waals surface area (Å²) < 4.78 is 6.58. The maximum Gasteiger partial charge on any atom is 0.257 e. The van der Waals surface area contributed by atoms with E-state index in [1.165, 1.54) is 24.4 Å². The first-order valence-electron chi connectivity index (χ1n) is 5.88. The molecular formula is C12H10ClN7O. The van der Waals surface area contributed by atoms with E-state index in [1.54, 1.807) is 18.2 Å². The van der Waals surface area contributed by atoms with E-state index >= 15 is 0 Å². The molecule has 2 aromatic heterocycles. The highest BCUT2D eigenvalue weighted by Gasteiger charge is 2.11. The topological polar surface area (TPSA) is 105 Å². The average Bonchev–Trinajstić information content (AvgIpc) is 3.01. The fraction of sp³-hybridized carbons (Fsp3) is 0.0833. The zero-order valence-electron chi connectivity index (χ0n) is 10.9. The lowest BCUT2D eigenvalue weighted by Gasteiger charge is -2.07. The van der Waals surface area contributed by atoms with Gasteiger partial charge in [0.15, 0.2) is 5.82 Å². The second-order valence-electron chi connectivity index (χ2n) is 4.01. The normalized spacial score (nSPS) is 10.6. The number of rotatable bonds is 3. The first-order chi connectivity index (χ1) is 10.2. The lowest BCUT2D eigenvalue weighted by Crippen LogP contribution is -2.08. The van der Waals surface area contributed by atoms with E-state index in [-0.39, 0.29) is 11.9 Å². The zero-order chi connectivity index (χ0) is 14.8. The Bertz CT molecular complexity index is 775. The van der Waals surface area contributed by atoms with Crippen molar-refractivity contribution < 1.29 is 4.74 Å². The molecular weight excluding hydrogens is 294 g/mol. The summed E-state index contributed by atoms with van der Waals surface area (Å²) in [6.07, 6.45) is 2.85. The minimum absolute atomic E-state index is 0.0828. The Kier molecular flexibility index (Phi) is 3.36. The fourth-order valence-corrected chi connectivity index (χ4v) is 1.92. The Hall–Kier alpha value is -2.74. The minimum Gasteiger partial charge on any atom is -0.495 e. The Labute approximate surface area is 124 Å². The van der Waals surface area contributed by atoms with E-state index in [2.05, 4.69) is 25.0 Å². The van der Waals surface area contributed by atoms with E-state index in [9.17, 15) is 0 Å². The van der Waals surface area contributed by atoms with Crippen molar-refractivity contribution in [2.24, 2.45) is 0 Å². The van der Waals surface area contributed by atoms with Gasteiger partial charge in [0, 0.05) is 5.56 Å². The molecule has 0 unspecified atom stereocenters. The van der Waals surface area contributed by atoms with Crippen LogP contribution in [0.15, 0.2) is 30.9 Å². The van der Waals surface area contributed by atoms with Gasteiger partial charge in [-0.25, -0.2) is 4.98 Å². The van der Waals surface area contributed by atoms with Crippen LogP contribution in [-0.4, -0.2) is 36.8 Å². The highest BCUT2D eigenvalue weighted by Crippen LogP contribution is 2.29. The molecule has 0 aliphatic rings. The van der Waals surface area contributed by atoms with Crippen molar-refractivity contribution in [2.45, 2.75) is 0 Å². The second-order valence-corrected chi connectivity index (χ2v) is 4.41. The molecule has 21 heavy (non-hydrogen) atoms. The number of hydrogen-bond donors (Lipinski definition) is 1. The summed E-state index contributed by atoms with van der Waals surface area (Å²) in [5, 5.41) is 4.46. The highest BCUT2D eigenvalue weighted by atomic mass is 35.5. The van der Waals surface area contributed by atoms with Gasteiger partial charge in [-0.2, -0.15) is 24.7 Å². The Morgan fingerprint density at radius 1 is 1.24 bits per heavy atom. The molecule has 9 heteroatoms. The molecule has 3 rings (SSSR count). The zero-order valence-corrected chi connectivity index (χ0v) is 11.7. The lowest BCUT2D eigenvalue weighted by atomic mass is 10.2. The van der Waals surface area contributed by atoms with Gasteiger partial charge in [-0.1, -0.05) is 11.6 Å². The highest BCUT2D eigenvalue weighted by molar-refractivity contribution is 6.32. The molecule has 0 atom stereocenters. The lowest BCUT2D eigenvalue weighted by molar-refractivity contribution is 0.415. The number of nitrogen functional groups attached to an aromatic ring is 1. The number of nitrogens with zero attached hydrogens (tertiary/aromatic N) is 6. The standard InChI is InChI=1S/C12H10ClN7O/c1-21-9-4-7(2-3-8(9)13)10-17-11(14)19-12(18-10)20-6-15-5-16-20/h2-6H,1H3,(H2,14,17,18,19). The van der Waals surface area contributed by atoms with E-state index in [1.807, 2.05) is 0 Å². The van der Waals surface area contributed by atoms with E-state index in [4.69, 9.17) is 22.1 Å². The van der Waals surface area contributed by atoms with E-state index in [0.717, 1.165) is 0 Å². The predicted octanol–water partition coefficient (Wildman–Crippen LogP) is 1.36. The number of halogens is 1. The van der Waals surface area contributed by atoms with Gasteiger partial charge in [0.05, 0.1) is 12.1 Å². The third-order valence-electron chi connectivity index (χ3n) is 2.67. The van der Waals surface area contributed by atoms with E-state index in [0.29, 0.717) is 22.2 Å². The average molecular weight is 304 g/mol. The Morgan fingerprint density at radius 2 is 2.10 bits per heavy atom. The molecule has 2 N–H and O–H groups in total. The quantitative estimate of drug-likeness (QED) is 0.779. The van der Waals surface area contributed by atoms with Gasteiger partial charge < -0.3 is 10.5 Å².